The largest absolute Gasteiger partial charge is 0.368 e. The summed E-state index contributed by atoms with van der Waals surface area (Å²) in [6.07, 6.45) is 0. The van der Waals surface area contributed by atoms with Gasteiger partial charge < -0.3 is 15.5 Å². The minimum Gasteiger partial charge on any atom is -0.368 e. The van der Waals surface area contributed by atoms with E-state index in [4.69, 9.17) is 5.73 Å². The normalized spacial score (nSPS) is 14.5. The highest BCUT2D eigenvalue weighted by atomic mass is 16.6. The van der Waals surface area contributed by atoms with Crippen molar-refractivity contribution in [1.82, 2.24) is 0 Å². The highest BCUT2D eigenvalue weighted by Crippen LogP contribution is 2.30. The van der Waals surface area contributed by atoms with E-state index in [1.54, 1.807) is 6.07 Å². The van der Waals surface area contributed by atoms with Crippen LogP contribution in [0.5, 0.6) is 0 Å². The van der Waals surface area contributed by atoms with Crippen molar-refractivity contribution in [3.63, 3.8) is 0 Å². The maximum atomic E-state index is 11.3. The first kappa shape index (κ1) is 15.8. The van der Waals surface area contributed by atoms with Gasteiger partial charge in [-0.2, -0.15) is 0 Å². The van der Waals surface area contributed by atoms with Gasteiger partial charge in [0.2, 0.25) is 5.91 Å². The van der Waals surface area contributed by atoms with E-state index in [2.05, 4.69) is 17.0 Å². The Balaban J connectivity index is 1.79. The number of nitro groups is 1. The van der Waals surface area contributed by atoms with Crippen LogP contribution in [0.25, 0.3) is 0 Å². The van der Waals surface area contributed by atoms with Crippen molar-refractivity contribution >= 4 is 23.0 Å². The topological polar surface area (TPSA) is 92.7 Å². The van der Waals surface area contributed by atoms with Crippen LogP contribution in [0.3, 0.4) is 0 Å². The van der Waals surface area contributed by atoms with E-state index in [0.717, 1.165) is 18.8 Å². The minimum absolute atomic E-state index is 0.0838. The van der Waals surface area contributed by atoms with E-state index in [0.29, 0.717) is 18.8 Å². The van der Waals surface area contributed by atoms with Gasteiger partial charge in [0.15, 0.2) is 0 Å². The standard InChI is InChI=1S/C17H18N4O3/c18-17(22)13-6-7-15(16(12-13)21(23)24)20-10-8-19(9-11-20)14-4-2-1-3-5-14/h1-7,12H,8-11H2,(H2,18,22). The number of hydrogen-bond donors (Lipinski definition) is 1. The fourth-order valence-corrected chi connectivity index (χ4v) is 2.93. The van der Waals surface area contributed by atoms with E-state index < -0.39 is 10.8 Å². The van der Waals surface area contributed by atoms with Crippen LogP contribution in [0.1, 0.15) is 10.4 Å². The number of hydrogen-bond acceptors (Lipinski definition) is 5. The minimum atomic E-state index is -0.668. The number of anilines is 2. The summed E-state index contributed by atoms with van der Waals surface area (Å²) >= 11 is 0. The zero-order valence-corrected chi connectivity index (χ0v) is 13.1. The number of rotatable bonds is 4. The SMILES string of the molecule is NC(=O)c1ccc(N2CCN(c3ccccc3)CC2)c([N+](=O)[O-])c1. The lowest BCUT2D eigenvalue weighted by atomic mass is 10.1. The molecule has 1 fully saturated rings. The van der Waals surface area contributed by atoms with Crippen LogP contribution < -0.4 is 15.5 Å². The summed E-state index contributed by atoms with van der Waals surface area (Å²) in [7, 11) is 0. The van der Waals surface area contributed by atoms with Gasteiger partial charge in [0.25, 0.3) is 5.69 Å². The fraction of sp³-hybridized carbons (Fsp3) is 0.235. The summed E-state index contributed by atoms with van der Waals surface area (Å²) in [4.78, 5) is 26.3. The summed E-state index contributed by atoms with van der Waals surface area (Å²) in [6.45, 7) is 2.90. The molecule has 0 atom stereocenters. The Kier molecular flexibility index (Phi) is 4.33. The Morgan fingerprint density at radius 1 is 1.00 bits per heavy atom. The van der Waals surface area contributed by atoms with Crippen molar-refractivity contribution < 1.29 is 9.72 Å². The molecule has 0 saturated carbocycles. The quantitative estimate of drug-likeness (QED) is 0.685. The van der Waals surface area contributed by atoms with Gasteiger partial charge in [-0.15, -0.1) is 0 Å². The van der Waals surface area contributed by atoms with Crippen LogP contribution in [0.15, 0.2) is 48.5 Å². The Labute approximate surface area is 139 Å². The van der Waals surface area contributed by atoms with Crippen LogP contribution in [-0.2, 0) is 0 Å². The molecular formula is C17H18N4O3. The van der Waals surface area contributed by atoms with Crippen molar-refractivity contribution in [2.75, 3.05) is 36.0 Å². The molecule has 1 saturated heterocycles. The van der Waals surface area contributed by atoms with E-state index in [-0.39, 0.29) is 11.3 Å². The molecule has 7 heteroatoms. The third kappa shape index (κ3) is 3.15. The summed E-state index contributed by atoms with van der Waals surface area (Å²) in [5, 5.41) is 11.3. The highest BCUT2D eigenvalue weighted by molar-refractivity contribution is 5.94. The summed E-state index contributed by atoms with van der Waals surface area (Å²) in [5.41, 5.74) is 6.95. The molecule has 0 radical (unpaired) electrons. The van der Waals surface area contributed by atoms with Crippen molar-refractivity contribution in [3.8, 4) is 0 Å². The molecule has 0 bridgehead atoms. The maximum Gasteiger partial charge on any atom is 0.293 e. The average molecular weight is 326 g/mol. The Morgan fingerprint density at radius 3 is 2.21 bits per heavy atom. The molecule has 0 aromatic heterocycles. The molecule has 124 valence electrons. The molecule has 1 amide bonds. The molecule has 2 aromatic rings. The van der Waals surface area contributed by atoms with E-state index in [1.807, 2.05) is 23.1 Å². The van der Waals surface area contributed by atoms with Gasteiger partial charge in [0.1, 0.15) is 5.69 Å². The lowest BCUT2D eigenvalue weighted by Crippen LogP contribution is -2.46. The van der Waals surface area contributed by atoms with Crippen molar-refractivity contribution in [1.29, 1.82) is 0 Å². The zero-order chi connectivity index (χ0) is 17.1. The average Bonchev–Trinajstić information content (AvgIpc) is 2.62. The Hall–Kier alpha value is -3.09. The zero-order valence-electron chi connectivity index (χ0n) is 13.1. The van der Waals surface area contributed by atoms with Gasteiger partial charge in [0.05, 0.1) is 4.92 Å². The molecule has 2 N–H and O–H groups in total. The number of carbonyl (C=O) groups is 1. The molecule has 1 heterocycles. The lowest BCUT2D eigenvalue weighted by molar-refractivity contribution is -0.384. The third-order valence-electron chi connectivity index (χ3n) is 4.20. The van der Waals surface area contributed by atoms with Gasteiger partial charge in [-0.3, -0.25) is 14.9 Å². The second-order valence-corrected chi connectivity index (χ2v) is 5.63. The number of amides is 1. The van der Waals surface area contributed by atoms with Crippen LogP contribution in [0.4, 0.5) is 17.1 Å². The first-order valence-electron chi connectivity index (χ1n) is 7.69. The predicted octanol–water partition coefficient (Wildman–Crippen LogP) is 2.02. The fourth-order valence-electron chi connectivity index (χ4n) is 2.93. The number of piperazine rings is 1. The summed E-state index contributed by atoms with van der Waals surface area (Å²) in [5.74, 6) is -0.668. The van der Waals surface area contributed by atoms with Gasteiger partial charge in [-0.05, 0) is 24.3 Å². The van der Waals surface area contributed by atoms with Gasteiger partial charge in [-0.1, -0.05) is 18.2 Å². The van der Waals surface area contributed by atoms with Crippen LogP contribution in [0.2, 0.25) is 0 Å². The van der Waals surface area contributed by atoms with Crippen molar-refractivity contribution in [3.05, 3.63) is 64.2 Å². The second kappa shape index (κ2) is 6.57. The molecular weight excluding hydrogens is 308 g/mol. The first-order valence-corrected chi connectivity index (χ1v) is 7.69. The van der Waals surface area contributed by atoms with Crippen LogP contribution in [-0.4, -0.2) is 37.0 Å². The number of para-hydroxylation sites is 1. The number of nitro benzene ring substituents is 1. The van der Waals surface area contributed by atoms with Crippen molar-refractivity contribution in [2.45, 2.75) is 0 Å². The summed E-state index contributed by atoms with van der Waals surface area (Å²) in [6, 6.07) is 14.5. The number of benzene rings is 2. The van der Waals surface area contributed by atoms with E-state index in [1.165, 1.54) is 12.1 Å². The lowest BCUT2D eigenvalue weighted by Gasteiger charge is -2.37. The molecule has 0 spiro atoms. The monoisotopic (exact) mass is 326 g/mol. The maximum absolute atomic E-state index is 11.3. The molecule has 24 heavy (non-hydrogen) atoms. The molecule has 1 aliphatic rings. The third-order valence-corrected chi connectivity index (χ3v) is 4.20. The molecule has 1 aliphatic heterocycles. The first-order chi connectivity index (χ1) is 11.6. The van der Waals surface area contributed by atoms with E-state index >= 15 is 0 Å². The molecule has 2 aromatic carbocycles. The number of nitrogens with two attached hydrogens (primary N) is 1. The second-order valence-electron chi connectivity index (χ2n) is 5.63. The predicted molar refractivity (Wildman–Crippen MR) is 92.5 cm³/mol. The smallest absolute Gasteiger partial charge is 0.293 e. The number of nitrogens with zero attached hydrogens (tertiary/aromatic N) is 3. The van der Waals surface area contributed by atoms with Crippen LogP contribution >= 0.6 is 0 Å². The molecule has 3 rings (SSSR count). The van der Waals surface area contributed by atoms with Crippen LogP contribution in [0, 0.1) is 10.1 Å². The molecule has 0 unspecified atom stereocenters. The van der Waals surface area contributed by atoms with E-state index in [9.17, 15) is 14.9 Å². The number of primary amides is 1. The molecule has 7 nitrogen and oxygen atoms in total. The Morgan fingerprint density at radius 2 is 1.62 bits per heavy atom. The number of carbonyl (C=O) groups excluding carboxylic acids is 1. The van der Waals surface area contributed by atoms with Gasteiger partial charge in [0, 0.05) is 43.5 Å². The van der Waals surface area contributed by atoms with Gasteiger partial charge >= 0.3 is 0 Å². The van der Waals surface area contributed by atoms with Crippen molar-refractivity contribution in [2.24, 2.45) is 5.73 Å². The Bertz CT molecular complexity index is 756. The summed E-state index contributed by atoms with van der Waals surface area (Å²) < 4.78 is 0. The van der Waals surface area contributed by atoms with Gasteiger partial charge in [-0.25, -0.2) is 0 Å². The highest BCUT2D eigenvalue weighted by Gasteiger charge is 2.24. The molecule has 0 aliphatic carbocycles.